The Hall–Kier alpha value is -0.610. The van der Waals surface area contributed by atoms with Crippen LogP contribution in [-0.4, -0.2) is 29.2 Å². The van der Waals surface area contributed by atoms with Crippen LogP contribution in [0, 0.1) is 0 Å². The lowest BCUT2D eigenvalue weighted by atomic mass is 10.1. The Morgan fingerprint density at radius 1 is 1.57 bits per heavy atom. The van der Waals surface area contributed by atoms with Crippen molar-refractivity contribution in [3.05, 3.63) is 22.8 Å². The topological polar surface area (TPSA) is 36.4 Å². The third-order valence-corrected chi connectivity index (χ3v) is 1.94. The van der Waals surface area contributed by atoms with E-state index in [1.54, 1.807) is 0 Å². The minimum atomic E-state index is -3.67. The van der Waals surface area contributed by atoms with Crippen molar-refractivity contribution in [3.8, 4) is 0 Å². The first-order valence-corrected chi connectivity index (χ1v) is 4.57. The maximum absolute atomic E-state index is 10.0. The molecule has 2 heterocycles. The van der Waals surface area contributed by atoms with Crippen LogP contribution in [0.2, 0.25) is 0 Å². The predicted molar refractivity (Wildman–Crippen MR) is 59.4 cm³/mol. The van der Waals surface area contributed by atoms with E-state index in [4.69, 9.17) is 12.3 Å². The van der Waals surface area contributed by atoms with E-state index in [9.17, 15) is 5.11 Å². The van der Waals surface area contributed by atoms with E-state index in [1.165, 1.54) is 18.2 Å². The molecule has 0 aliphatic carbocycles. The van der Waals surface area contributed by atoms with Crippen molar-refractivity contribution in [1.82, 2.24) is 4.98 Å². The monoisotopic (exact) mass is 265 g/mol. The largest absolute Gasteiger partial charge is 0.393 e. The molecular weight excluding hydrogens is 244 g/mol. The van der Waals surface area contributed by atoms with Crippen molar-refractivity contribution >= 4 is 21.7 Å². The first-order valence-electron chi connectivity index (χ1n) is 8.27. The molecule has 0 amide bonds. The number of nitrogens with zero attached hydrogens (tertiary/aromatic N) is 2. The average molecular weight is 266 g/mol. The van der Waals surface area contributed by atoms with Crippen molar-refractivity contribution in [3.63, 3.8) is 0 Å². The Labute approximate surface area is 105 Å². The quantitative estimate of drug-likeness (QED) is 0.787. The van der Waals surface area contributed by atoms with E-state index in [2.05, 4.69) is 20.9 Å². The molecule has 0 radical (unpaired) electrons. The van der Waals surface area contributed by atoms with Gasteiger partial charge in [-0.3, -0.25) is 0 Å². The van der Waals surface area contributed by atoms with Gasteiger partial charge in [0.05, 0.1) is 7.45 Å². The molecule has 2 rings (SSSR count). The second-order valence-electron chi connectivity index (χ2n) is 2.48. The van der Waals surface area contributed by atoms with Gasteiger partial charge in [0.2, 0.25) is 0 Å². The van der Waals surface area contributed by atoms with E-state index in [0.29, 0.717) is 0 Å². The smallest absolute Gasteiger partial charge is 0.129 e. The van der Waals surface area contributed by atoms with Crippen LogP contribution >= 0.6 is 15.9 Å². The summed E-state index contributed by atoms with van der Waals surface area (Å²) in [6, 6.07) is 4.05. The van der Waals surface area contributed by atoms with Gasteiger partial charge in [-0.25, -0.2) is 4.98 Å². The molecule has 1 aliphatic rings. The second-order valence-corrected chi connectivity index (χ2v) is 3.29. The summed E-state index contributed by atoms with van der Waals surface area (Å²) in [5.74, 6) is -0.377. The van der Waals surface area contributed by atoms with Crippen LogP contribution in [0.3, 0.4) is 0 Å². The molecule has 76 valence electrons. The number of halogens is 1. The van der Waals surface area contributed by atoms with Gasteiger partial charge in [-0.15, -0.1) is 0 Å². The van der Waals surface area contributed by atoms with Gasteiger partial charge in [-0.2, -0.15) is 0 Å². The fourth-order valence-corrected chi connectivity index (χ4v) is 1.25. The van der Waals surface area contributed by atoms with Gasteiger partial charge in [-0.1, -0.05) is 6.07 Å². The number of piperidine rings is 1. The fraction of sp³-hybridized carbons (Fsp3) is 0.500. The number of hydrogen-bond donors (Lipinski definition) is 1. The highest BCUT2D eigenvalue weighted by molar-refractivity contribution is 9.10. The third-order valence-electron chi connectivity index (χ3n) is 1.50. The first-order chi connectivity index (χ1) is 10.1. The number of rotatable bonds is 1. The van der Waals surface area contributed by atoms with Crippen molar-refractivity contribution in [2.45, 2.75) is 18.8 Å². The van der Waals surface area contributed by atoms with Crippen LogP contribution in [0.4, 0.5) is 5.82 Å². The molecule has 0 aromatic carbocycles. The second kappa shape index (κ2) is 4.28. The summed E-state index contributed by atoms with van der Waals surface area (Å²) in [6.45, 7) is -6.52. The highest BCUT2D eigenvalue weighted by atomic mass is 79.9. The molecule has 0 bridgehead atoms. The van der Waals surface area contributed by atoms with E-state index in [-0.39, 0.29) is 15.3 Å². The molecule has 1 aromatic heterocycles. The summed E-state index contributed by atoms with van der Waals surface area (Å²) in [7, 11) is 0. The molecular formula is C10H13BrN2O. The SMILES string of the molecule is [2H]C1([2H])N(c2cccc(Br)n2)C([2H])([2H])C([2H])([2H])C([2H])(O)C1([2H])[2H]. The standard InChI is InChI=1S/C10H13BrN2O/c11-9-2-1-3-10(12-9)13-6-4-8(14)5-7-13/h1-3,8,14H,4-7H2/i4D2,5D2,6D2,7D2,8D. The molecule has 0 saturated carbocycles. The summed E-state index contributed by atoms with van der Waals surface area (Å²) in [5, 5.41) is 10.0. The van der Waals surface area contributed by atoms with Crippen LogP contribution in [0.1, 0.15) is 25.1 Å². The van der Waals surface area contributed by atoms with Crippen molar-refractivity contribution in [1.29, 1.82) is 0 Å². The summed E-state index contributed by atoms with van der Waals surface area (Å²) < 4.78 is 70.7. The van der Waals surface area contributed by atoms with Crippen LogP contribution in [0.5, 0.6) is 0 Å². The summed E-state index contributed by atoms with van der Waals surface area (Å²) in [4.78, 5) is 4.04. The van der Waals surface area contributed by atoms with Crippen LogP contribution in [-0.2, 0) is 0 Å². The Kier molecular flexibility index (Phi) is 1.15. The molecule has 1 N–H and O–H groups in total. The first kappa shape index (κ1) is 3.76. The molecule has 1 saturated heterocycles. The zero-order chi connectivity index (χ0) is 18.1. The summed E-state index contributed by atoms with van der Waals surface area (Å²) in [5.41, 5.74) is 0. The lowest BCUT2D eigenvalue weighted by Crippen LogP contribution is -2.36. The van der Waals surface area contributed by atoms with E-state index in [0.717, 1.165) is 0 Å². The van der Waals surface area contributed by atoms with Gasteiger partial charge in [0, 0.05) is 24.0 Å². The Morgan fingerprint density at radius 3 is 2.93 bits per heavy atom. The molecule has 1 aliphatic heterocycles. The summed E-state index contributed by atoms with van der Waals surface area (Å²) in [6.07, 6.45) is -10.6. The highest BCUT2D eigenvalue weighted by Crippen LogP contribution is 2.19. The van der Waals surface area contributed by atoms with Crippen molar-refractivity contribution in [2.24, 2.45) is 0 Å². The van der Waals surface area contributed by atoms with Crippen LogP contribution in [0.15, 0.2) is 22.8 Å². The number of hydrogen-bond acceptors (Lipinski definition) is 3. The molecule has 14 heavy (non-hydrogen) atoms. The maximum Gasteiger partial charge on any atom is 0.129 e. The van der Waals surface area contributed by atoms with E-state index < -0.39 is 31.8 Å². The molecule has 4 heteroatoms. The number of pyridine rings is 1. The third kappa shape index (κ3) is 2.25. The molecule has 0 atom stereocenters. The van der Waals surface area contributed by atoms with Gasteiger partial charge >= 0.3 is 0 Å². The number of aromatic nitrogens is 1. The van der Waals surface area contributed by atoms with Crippen molar-refractivity contribution < 1.29 is 17.4 Å². The number of anilines is 1. The molecule has 0 spiro atoms. The Balaban J connectivity index is 2.80. The minimum absolute atomic E-state index is 0.188. The van der Waals surface area contributed by atoms with E-state index >= 15 is 0 Å². The van der Waals surface area contributed by atoms with Gasteiger partial charge in [-0.05, 0) is 40.8 Å². The lowest BCUT2D eigenvalue weighted by molar-refractivity contribution is 0.145. The zero-order valence-electron chi connectivity index (χ0n) is 16.0. The zero-order valence-corrected chi connectivity index (χ0v) is 8.54. The average Bonchev–Trinajstić information content (AvgIpc) is 2.36. The van der Waals surface area contributed by atoms with Crippen LogP contribution < -0.4 is 4.90 Å². The molecule has 1 aromatic rings. The van der Waals surface area contributed by atoms with Gasteiger partial charge in [0.1, 0.15) is 10.4 Å². The van der Waals surface area contributed by atoms with Gasteiger partial charge in [0.15, 0.2) is 0 Å². The maximum atomic E-state index is 10.0. The van der Waals surface area contributed by atoms with Crippen LogP contribution in [0.25, 0.3) is 0 Å². The molecule has 1 fully saturated rings. The predicted octanol–water partition coefficient (Wildman–Crippen LogP) is 1.81. The Bertz CT molecular complexity index is 607. The minimum Gasteiger partial charge on any atom is -0.393 e. The fourth-order valence-electron chi connectivity index (χ4n) is 0.914. The van der Waals surface area contributed by atoms with Gasteiger partial charge < -0.3 is 10.0 Å². The lowest BCUT2D eigenvalue weighted by Gasteiger charge is -2.30. The van der Waals surface area contributed by atoms with E-state index in [1.807, 2.05) is 0 Å². The van der Waals surface area contributed by atoms with Gasteiger partial charge in [0.25, 0.3) is 0 Å². The van der Waals surface area contributed by atoms with Crippen molar-refractivity contribution in [2.75, 3.05) is 17.9 Å². The Morgan fingerprint density at radius 2 is 2.29 bits per heavy atom. The number of aliphatic hydroxyl groups is 1. The molecule has 3 nitrogen and oxygen atoms in total. The molecule has 0 unspecified atom stereocenters. The summed E-state index contributed by atoms with van der Waals surface area (Å²) >= 11 is 3.03. The normalized spacial score (nSPS) is 44.7. The highest BCUT2D eigenvalue weighted by Gasteiger charge is 2.17.